The van der Waals surface area contributed by atoms with Gasteiger partial charge in [0.2, 0.25) is 23.5 Å². The van der Waals surface area contributed by atoms with Crippen LogP contribution in [-0.4, -0.2) is 12.3 Å². The first kappa shape index (κ1) is 43.0. The third-order valence-electron chi connectivity index (χ3n) is 13.6. The standard InChI is InChI=1S/C62H54N4O4/c1-61(2,3)45-27-29-47-49(39-45)65(57-37-33-53(69-57)43-23-15-9-16-24-43)59(63(47)55-35-31-51(67-55)41-19-11-7-12-20-41)60-64(56-36-32-52(68-56)42-21-13-8-14-22-42)48-30-28-46(62(4,5)6)40-50(48)66(60)58-38-34-54(70-58)44-25-17-10-18-26-44/h7-40,59-60H,1-6H3. The van der Waals surface area contributed by atoms with Crippen molar-refractivity contribution in [3.63, 3.8) is 0 Å². The lowest BCUT2D eigenvalue weighted by atomic mass is 9.86. The molecule has 2 atom stereocenters. The maximum Gasteiger partial charge on any atom is 0.202 e. The smallest absolute Gasteiger partial charge is 0.202 e. The second-order valence-corrected chi connectivity index (χ2v) is 20.2. The van der Waals surface area contributed by atoms with Crippen molar-refractivity contribution in [2.75, 3.05) is 19.6 Å². The maximum absolute atomic E-state index is 7.12. The Balaban J connectivity index is 1.15. The Labute approximate surface area is 409 Å². The van der Waals surface area contributed by atoms with Crippen molar-refractivity contribution in [3.05, 3.63) is 217 Å². The lowest BCUT2D eigenvalue weighted by Crippen LogP contribution is -2.58. The van der Waals surface area contributed by atoms with Crippen LogP contribution in [0.1, 0.15) is 52.7 Å². The molecule has 0 bridgehead atoms. The molecule has 0 saturated heterocycles. The van der Waals surface area contributed by atoms with Gasteiger partial charge >= 0.3 is 0 Å². The second-order valence-electron chi connectivity index (χ2n) is 20.2. The minimum atomic E-state index is -0.601. The van der Waals surface area contributed by atoms with Crippen molar-refractivity contribution < 1.29 is 17.7 Å². The van der Waals surface area contributed by atoms with Gasteiger partial charge < -0.3 is 17.7 Å². The summed E-state index contributed by atoms with van der Waals surface area (Å²) in [6, 6.07) is 71.4. The molecule has 8 heteroatoms. The molecule has 0 fully saturated rings. The molecule has 0 amide bonds. The first-order valence-corrected chi connectivity index (χ1v) is 24.0. The van der Waals surface area contributed by atoms with E-state index in [1.807, 2.05) is 72.8 Å². The molecule has 0 N–H and O–H groups in total. The highest BCUT2D eigenvalue weighted by molar-refractivity contribution is 5.93. The topological polar surface area (TPSA) is 65.5 Å². The molecule has 0 saturated carbocycles. The van der Waals surface area contributed by atoms with E-state index in [0.29, 0.717) is 23.5 Å². The van der Waals surface area contributed by atoms with E-state index in [9.17, 15) is 0 Å². The van der Waals surface area contributed by atoms with Crippen molar-refractivity contribution in [1.82, 2.24) is 0 Å². The minimum absolute atomic E-state index is 0.165. The van der Waals surface area contributed by atoms with Crippen LogP contribution in [0.2, 0.25) is 0 Å². The maximum atomic E-state index is 7.12. The molecule has 2 aliphatic heterocycles. The molecule has 8 nitrogen and oxygen atoms in total. The van der Waals surface area contributed by atoms with E-state index < -0.39 is 12.3 Å². The first-order valence-electron chi connectivity index (χ1n) is 24.0. The molecule has 0 aliphatic carbocycles. The molecule has 2 unspecified atom stereocenters. The highest BCUT2D eigenvalue weighted by Gasteiger charge is 2.55. The van der Waals surface area contributed by atoms with Gasteiger partial charge in [-0.05, 0) is 70.5 Å². The van der Waals surface area contributed by atoms with E-state index in [1.54, 1.807) is 0 Å². The predicted octanol–water partition coefficient (Wildman–Crippen LogP) is 17.3. The third-order valence-corrected chi connectivity index (χ3v) is 13.6. The van der Waals surface area contributed by atoms with Gasteiger partial charge in [-0.3, -0.25) is 19.6 Å². The summed E-state index contributed by atoms with van der Waals surface area (Å²) in [7, 11) is 0. The number of nitrogens with zero attached hydrogens (tertiary/aromatic N) is 4. The van der Waals surface area contributed by atoms with Gasteiger partial charge in [-0.25, -0.2) is 0 Å². The van der Waals surface area contributed by atoms with Crippen molar-refractivity contribution in [2.45, 2.75) is 64.7 Å². The normalized spacial score (nSPS) is 15.7. The Morgan fingerprint density at radius 1 is 0.286 bits per heavy atom. The lowest BCUT2D eigenvalue weighted by Gasteiger charge is -2.41. The highest BCUT2D eigenvalue weighted by Crippen LogP contribution is 2.58. The zero-order valence-corrected chi connectivity index (χ0v) is 40.2. The summed E-state index contributed by atoms with van der Waals surface area (Å²) in [5.41, 5.74) is 9.88. The van der Waals surface area contributed by atoms with Crippen molar-refractivity contribution in [2.24, 2.45) is 0 Å². The van der Waals surface area contributed by atoms with Crippen LogP contribution < -0.4 is 19.6 Å². The van der Waals surface area contributed by atoms with Crippen LogP contribution in [0.5, 0.6) is 0 Å². The summed E-state index contributed by atoms with van der Waals surface area (Å²) in [5, 5.41) is 0. The van der Waals surface area contributed by atoms with Gasteiger partial charge in [-0.2, -0.15) is 0 Å². The van der Waals surface area contributed by atoms with Gasteiger partial charge in [0.1, 0.15) is 23.0 Å². The number of hydrogen-bond donors (Lipinski definition) is 0. The molecule has 10 aromatic rings. The van der Waals surface area contributed by atoms with Gasteiger partial charge in [-0.15, -0.1) is 0 Å². The number of fused-ring (bicyclic) bond motifs is 2. The molecule has 4 aromatic heterocycles. The van der Waals surface area contributed by atoms with E-state index in [4.69, 9.17) is 17.7 Å². The zero-order valence-electron chi connectivity index (χ0n) is 40.2. The number of anilines is 8. The SMILES string of the molecule is CC(C)(C)c1ccc2c(c1)N(c1ccc(-c3ccccc3)o1)C(C1N(c3ccc(-c4ccccc4)o3)c3ccc(C(C)(C)C)cc3N1c1ccc(-c3ccccc3)o1)N2c1ccc(-c2ccccc2)o1. The van der Waals surface area contributed by atoms with Crippen molar-refractivity contribution >= 4 is 46.3 Å². The fraction of sp³-hybridized carbons (Fsp3) is 0.161. The van der Waals surface area contributed by atoms with Gasteiger partial charge in [-0.1, -0.05) is 175 Å². The zero-order chi connectivity index (χ0) is 47.7. The number of rotatable bonds is 9. The Kier molecular flexibility index (Phi) is 10.2. The molecule has 6 aromatic carbocycles. The fourth-order valence-corrected chi connectivity index (χ4v) is 9.96. The molecular weight excluding hydrogens is 865 g/mol. The first-order chi connectivity index (χ1) is 34.0. The van der Waals surface area contributed by atoms with Crippen molar-refractivity contribution in [3.8, 4) is 45.3 Å². The largest absolute Gasteiger partial charge is 0.440 e. The predicted molar refractivity (Wildman–Crippen MR) is 283 cm³/mol. The monoisotopic (exact) mass is 918 g/mol. The Bertz CT molecular complexity index is 3220. The minimum Gasteiger partial charge on any atom is -0.440 e. The summed E-state index contributed by atoms with van der Waals surface area (Å²) in [6.07, 6.45) is -1.20. The number of benzene rings is 6. The summed E-state index contributed by atoms with van der Waals surface area (Å²) < 4.78 is 28.4. The molecule has 0 spiro atoms. The highest BCUT2D eigenvalue weighted by atomic mass is 16.4. The van der Waals surface area contributed by atoms with Crippen LogP contribution in [-0.2, 0) is 10.8 Å². The van der Waals surface area contributed by atoms with E-state index in [0.717, 1.165) is 68.0 Å². The molecule has 6 heterocycles. The quantitative estimate of drug-likeness (QED) is 0.142. The van der Waals surface area contributed by atoms with Crippen molar-refractivity contribution in [1.29, 1.82) is 0 Å². The second kappa shape index (κ2) is 16.7. The Morgan fingerprint density at radius 2 is 0.543 bits per heavy atom. The Hall–Kier alpha value is -8.36. The van der Waals surface area contributed by atoms with Crippen LogP contribution in [0.3, 0.4) is 0 Å². The molecule has 70 heavy (non-hydrogen) atoms. The van der Waals surface area contributed by atoms with Gasteiger partial charge in [0.05, 0.1) is 22.7 Å². The van der Waals surface area contributed by atoms with Crippen LogP contribution in [0, 0.1) is 0 Å². The number of hydrogen-bond acceptors (Lipinski definition) is 8. The molecule has 0 radical (unpaired) electrons. The molecule has 12 rings (SSSR count). The summed E-state index contributed by atoms with van der Waals surface area (Å²) >= 11 is 0. The van der Waals surface area contributed by atoms with Gasteiger partial charge in [0.15, 0.2) is 12.3 Å². The fourth-order valence-electron chi connectivity index (χ4n) is 9.96. The average Bonchev–Trinajstić information content (AvgIpc) is 4.25. The average molecular weight is 919 g/mol. The van der Waals surface area contributed by atoms with E-state index in [-0.39, 0.29) is 10.8 Å². The molecule has 346 valence electrons. The van der Waals surface area contributed by atoms with Crippen LogP contribution in [0.25, 0.3) is 45.3 Å². The van der Waals surface area contributed by atoms with E-state index >= 15 is 0 Å². The molecular formula is C62H54N4O4. The van der Waals surface area contributed by atoms with E-state index in [1.165, 1.54) is 11.1 Å². The summed E-state index contributed by atoms with van der Waals surface area (Å²) in [6.45, 7) is 13.6. The third kappa shape index (κ3) is 7.47. The van der Waals surface area contributed by atoms with E-state index in [2.05, 4.69) is 195 Å². The molecule has 2 aliphatic rings. The number of furan rings is 4. The van der Waals surface area contributed by atoms with Crippen LogP contribution in [0.15, 0.2) is 224 Å². The van der Waals surface area contributed by atoms with Crippen LogP contribution >= 0.6 is 0 Å². The summed E-state index contributed by atoms with van der Waals surface area (Å²) in [4.78, 5) is 9.38. The van der Waals surface area contributed by atoms with Gasteiger partial charge in [0.25, 0.3) is 0 Å². The van der Waals surface area contributed by atoms with Gasteiger partial charge in [0, 0.05) is 46.5 Å². The Morgan fingerprint density at radius 3 is 0.800 bits per heavy atom. The lowest BCUT2D eigenvalue weighted by molar-refractivity contribution is 0.452. The van der Waals surface area contributed by atoms with Crippen LogP contribution in [0.4, 0.5) is 46.3 Å². The summed E-state index contributed by atoms with van der Waals surface area (Å²) in [5.74, 6) is 5.75.